The second-order valence-corrected chi connectivity index (χ2v) is 3.43. The van der Waals surface area contributed by atoms with Gasteiger partial charge in [0, 0.05) is 11.8 Å². The zero-order valence-corrected chi connectivity index (χ0v) is 9.62. The molecule has 0 bridgehead atoms. The average Bonchev–Trinajstić information content (AvgIpc) is 2.27. The number of hydrogen-bond acceptors (Lipinski definition) is 3. The molecule has 18 heavy (non-hydrogen) atoms. The minimum Gasteiger partial charge on any atom is -0.463 e. The van der Waals surface area contributed by atoms with Crippen LogP contribution < -0.4 is 5.73 Å². The number of rotatable bonds is 3. The summed E-state index contributed by atoms with van der Waals surface area (Å²) in [6.07, 6.45) is -2.21. The maximum absolute atomic E-state index is 12.6. The molecule has 0 saturated heterocycles. The van der Waals surface area contributed by atoms with Crippen LogP contribution in [0.4, 0.5) is 18.9 Å². The van der Waals surface area contributed by atoms with Crippen molar-refractivity contribution >= 4 is 17.7 Å². The van der Waals surface area contributed by atoms with Crippen LogP contribution in [0.25, 0.3) is 6.08 Å². The van der Waals surface area contributed by atoms with E-state index in [-0.39, 0.29) is 17.9 Å². The van der Waals surface area contributed by atoms with E-state index in [9.17, 15) is 18.0 Å². The molecule has 2 N–H and O–H groups in total. The average molecular weight is 259 g/mol. The highest BCUT2D eigenvalue weighted by Crippen LogP contribution is 2.34. The van der Waals surface area contributed by atoms with Crippen LogP contribution in [0.5, 0.6) is 0 Å². The molecule has 98 valence electrons. The Morgan fingerprint density at radius 2 is 2.11 bits per heavy atom. The normalized spacial score (nSPS) is 11.8. The summed E-state index contributed by atoms with van der Waals surface area (Å²) in [7, 11) is 0. The Hall–Kier alpha value is -1.98. The van der Waals surface area contributed by atoms with Crippen molar-refractivity contribution in [2.24, 2.45) is 0 Å². The number of benzene rings is 1. The zero-order valence-electron chi connectivity index (χ0n) is 9.62. The second kappa shape index (κ2) is 5.57. The van der Waals surface area contributed by atoms with Gasteiger partial charge in [0.15, 0.2) is 0 Å². The summed E-state index contributed by atoms with van der Waals surface area (Å²) >= 11 is 0. The van der Waals surface area contributed by atoms with Crippen molar-refractivity contribution in [3.05, 3.63) is 35.4 Å². The largest absolute Gasteiger partial charge is 0.463 e. The molecule has 0 radical (unpaired) electrons. The minimum absolute atomic E-state index is 0.207. The number of halogens is 3. The van der Waals surface area contributed by atoms with E-state index >= 15 is 0 Å². The smallest absolute Gasteiger partial charge is 0.418 e. The van der Waals surface area contributed by atoms with Crippen molar-refractivity contribution in [2.75, 3.05) is 12.3 Å². The summed E-state index contributed by atoms with van der Waals surface area (Å²) in [4.78, 5) is 11.0. The van der Waals surface area contributed by atoms with E-state index in [2.05, 4.69) is 4.74 Å². The molecule has 0 spiro atoms. The maximum Gasteiger partial charge on any atom is 0.418 e. The lowest BCUT2D eigenvalue weighted by molar-refractivity contribution is -0.137. The maximum atomic E-state index is 12.6. The molecule has 0 amide bonds. The van der Waals surface area contributed by atoms with Gasteiger partial charge in [0.1, 0.15) is 0 Å². The molecular formula is C12H12F3NO2. The van der Waals surface area contributed by atoms with Crippen LogP contribution in [-0.2, 0) is 15.7 Å². The van der Waals surface area contributed by atoms with Gasteiger partial charge in [-0.05, 0) is 30.7 Å². The van der Waals surface area contributed by atoms with E-state index < -0.39 is 17.7 Å². The molecule has 3 nitrogen and oxygen atoms in total. The first-order valence-corrected chi connectivity index (χ1v) is 5.16. The summed E-state index contributed by atoms with van der Waals surface area (Å²) in [5.41, 5.74) is 4.20. The van der Waals surface area contributed by atoms with Crippen molar-refractivity contribution in [3.63, 3.8) is 0 Å². The number of nitrogen functional groups attached to an aromatic ring is 1. The van der Waals surface area contributed by atoms with Crippen LogP contribution >= 0.6 is 0 Å². The molecule has 1 aromatic carbocycles. The highest BCUT2D eigenvalue weighted by molar-refractivity contribution is 5.87. The molecule has 1 aromatic rings. The van der Waals surface area contributed by atoms with Gasteiger partial charge in [-0.25, -0.2) is 4.79 Å². The lowest BCUT2D eigenvalue weighted by atomic mass is 10.1. The van der Waals surface area contributed by atoms with Crippen molar-refractivity contribution in [2.45, 2.75) is 13.1 Å². The molecule has 0 aromatic heterocycles. The van der Waals surface area contributed by atoms with Gasteiger partial charge in [0.2, 0.25) is 0 Å². The molecule has 6 heteroatoms. The summed E-state index contributed by atoms with van der Waals surface area (Å²) in [5, 5.41) is 0. The summed E-state index contributed by atoms with van der Waals surface area (Å²) in [5.74, 6) is -0.608. The first-order valence-electron chi connectivity index (χ1n) is 5.16. The van der Waals surface area contributed by atoms with Crippen LogP contribution in [0.1, 0.15) is 18.1 Å². The third kappa shape index (κ3) is 3.80. The third-order valence-corrected chi connectivity index (χ3v) is 2.08. The van der Waals surface area contributed by atoms with Crippen LogP contribution in [0.3, 0.4) is 0 Å². The van der Waals surface area contributed by atoms with Gasteiger partial charge < -0.3 is 10.5 Å². The fourth-order valence-corrected chi connectivity index (χ4v) is 1.28. The molecule has 0 aliphatic rings. The number of ether oxygens (including phenoxy) is 1. The summed E-state index contributed by atoms with van der Waals surface area (Å²) in [6, 6.07) is 3.42. The molecule has 0 aliphatic heterocycles. The van der Waals surface area contributed by atoms with Crippen molar-refractivity contribution in [3.8, 4) is 0 Å². The van der Waals surface area contributed by atoms with Gasteiger partial charge in [-0.15, -0.1) is 0 Å². The minimum atomic E-state index is -4.52. The van der Waals surface area contributed by atoms with E-state index in [0.717, 1.165) is 18.2 Å². The second-order valence-electron chi connectivity index (χ2n) is 3.43. The monoisotopic (exact) mass is 259 g/mol. The number of nitrogens with two attached hydrogens (primary N) is 1. The highest BCUT2D eigenvalue weighted by atomic mass is 19.4. The standard InChI is InChI=1S/C12H12F3NO2/c1-2-18-11(17)6-4-8-3-5-10(16)9(7-8)12(13,14)15/h3-7H,2,16H2,1H3/b6-4+. The molecule has 0 aliphatic carbocycles. The number of carbonyl (C=O) groups is 1. The first-order chi connectivity index (χ1) is 8.34. The SMILES string of the molecule is CCOC(=O)/C=C/c1ccc(N)c(C(F)(F)F)c1. The third-order valence-electron chi connectivity index (χ3n) is 2.08. The number of carbonyl (C=O) groups excluding carboxylic acids is 1. The predicted molar refractivity (Wildman–Crippen MR) is 61.5 cm³/mol. The van der Waals surface area contributed by atoms with Crippen molar-refractivity contribution in [1.29, 1.82) is 0 Å². The van der Waals surface area contributed by atoms with Crippen LogP contribution in [0.2, 0.25) is 0 Å². The summed E-state index contributed by atoms with van der Waals surface area (Å²) in [6.45, 7) is 1.84. The Morgan fingerprint density at radius 3 is 2.67 bits per heavy atom. The Balaban J connectivity index is 2.96. The molecule has 0 heterocycles. The van der Waals surface area contributed by atoms with E-state index in [1.165, 1.54) is 12.1 Å². The molecule has 1 rings (SSSR count). The van der Waals surface area contributed by atoms with Crippen molar-refractivity contribution < 1.29 is 22.7 Å². The Labute approximate surface area is 102 Å². The topological polar surface area (TPSA) is 52.3 Å². The number of anilines is 1. The van der Waals surface area contributed by atoms with Gasteiger partial charge in [0.25, 0.3) is 0 Å². The molecule has 0 saturated carbocycles. The van der Waals surface area contributed by atoms with Gasteiger partial charge >= 0.3 is 12.1 Å². The predicted octanol–water partition coefficient (Wildman–Crippen LogP) is 2.86. The fraction of sp³-hybridized carbons (Fsp3) is 0.250. The highest BCUT2D eigenvalue weighted by Gasteiger charge is 2.32. The lowest BCUT2D eigenvalue weighted by Crippen LogP contribution is -2.09. The number of hydrogen-bond donors (Lipinski definition) is 1. The Bertz CT molecular complexity index is 467. The molecular weight excluding hydrogens is 247 g/mol. The lowest BCUT2D eigenvalue weighted by Gasteiger charge is -2.10. The number of alkyl halides is 3. The van der Waals surface area contributed by atoms with E-state index in [4.69, 9.17) is 5.73 Å². The zero-order chi connectivity index (χ0) is 13.8. The van der Waals surface area contributed by atoms with Crippen LogP contribution in [0, 0.1) is 0 Å². The molecule has 0 fully saturated rings. The Morgan fingerprint density at radius 1 is 1.44 bits per heavy atom. The Kier molecular flexibility index (Phi) is 4.36. The molecule has 0 unspecified atom stereocenters. The van der Waals surface area contributed by atoms with Crippen LogP contribution in [0.15, 0.2) is 24.3 Å². The van der Waals surface area contributed by atoms with E-state index in [0.29, 0.717) is 0 Å². The van der Waals surface area contributed by atoms with Gasteiger partial charge in [-0.1, -0.05) is 6.07 Å². The van der Waals surface area contributed by atoms with Gasteiger partial charge in [-0.2, -0.15) is 13.2 Å². The van der Waals surface area contributed by atoms with E-state index in [1.807, 2.05) is 0 Å². The fourth-order valence-electron chi connectivity index (χ4n) is 1.28. The van der Waals surface area contributed by atoms with Gasteiger partial charge in [-0.3, -0.25) is 0 Å². The first kappa shape index (κ1) is 14.1. The van der Waals surface area contributed by atoms with E-state index in [1.54, 1.807) is 6.92 Å². The number of esters is 1. The van der Waals surface area contributed by atoms with Crippen molar-refractivity contribution in [1.82, 2.24) is 0 Å². The van der Waals surface area contributed by atoms with Gasteiger partial charge in [0.05, 0.1) is 12.2 Å². The molecule has 0 atom stereocenters. The summed E-state index contributed by atoms with van der Waals surface area (Å²) < 4.78 is 42.3. The van der Waals surface area contributed by atoms with Crippen LogP contribution in [-0.4, -0.2) is 12.6 Å². The quantitative estimate of drug-likeness (QED) is 0.516.